The summed E-state index contributed by atoms with van der Waals surface area (Å²) >= 11 is 0. The molecule has 1 amide bonds. The molecule has 4 heterocycles. The summed E-state index contributed by atoms with van der Waals surface area (Å²) in [5.74, 6) is 1.68. The van der Waals surface area contributed by atoms with Crippen molar-refractivity contribution in [1.82, 2.24) is 34.4 Å². The highest BCUT2D eigenvalue weighted by Crippen LogP contribution is 2.30. The number of hydrogen-bond donors (Lipinski definition) is 2. The molecule has 0 bridgehead atoms. The maximum atomic E-state index is 13.2. The number of alkyl halides is 3. The molecule has 1 aliphatic rings. The molecule has 1 saturated heterocycles. The summed E-state index contributed by atoms with van der Waals surface area (Å²) in [4.78, 5) is 39.4. The van der Waals surface area contributed by atoms with Gasteiger partial charge in [-0.1, -0.05) is 24.3 Å². The van der Waals surface area contributed by atoms with Crippen LogP contribution in [0.3, 0.4) is 0 Å². The van der Waals surface area contributed by atoms with Crippen molar-refractivity contribution in [2.24, 2.45) is 5.92 Å². The van der Waals surface area contributed by atoms with Crippen LogP contribution in [0.2, 0.25) is 0 Å². The van der Waals surface area contributed by atoms with Gasteiger partial charge in [-0.25, -0.2) is 9.97 Å². The maximum Gasteiger partial charge on any atom is 0.416 e. The monoisotopic (exact) mass is 605 g/mol. The molecular formula is C31H34F3N9O. The van der Waals surface area contributed by atoms with Gasteiger partial charge in [0.15, 0.2) is 17.0 Å². The predicted octanol–water partition coefficient (Wildman–Crippen LogP) is 5.47. The second-order valence-corrected chi connectivity index (χ2v) is 11.0. The lowest BCUT2D eigenvalue weighted by Gasteiger charge is -2.34. The first-order valence-corrected chi connectivity index (χ1v) is 14.8. The summed E-state index contributed by atoms with van der Waals surface area (Å²) in [6.45, 7) is 7.11. The van der Waals surface area contributed by atoms with Crippen LogP contribution < -0.4 is 10.2 Å². The fraction of sp³-hybridized carbons (Fsp3) is 0.387. The highest BCUT2D eigenvalue weighted by atomic mass is 19.4. The Bertz CT molecular complexity index is 1730. The lowest BCUT2D eigenvalue weighted by molar-refractivity contribution is -0.137. The van der Waals surface area contributed by atoms with E-state index >= 15 is 0 Å². The van der Waals surface area contributed by atoms with E-state index in [1.165, 1.54) is 12.1 Å². The van der Waals surface area contributed by atoms with Crippen LogP contribution in [0, 0.1) is 5.92 Å². The Morgan fingerprint density at radius 3 is 2.57 bits per heavy atom. The Hall–Kier alpha value is -4.68. The van der Waals surface area contributed by atoms with E-state index in [0.717, 1.165) is 41.8 Å². The van der Waals surface area contributed by atoms with Gasteiger partial charge in [-0.2, -0.15) is 23.1 Å². The molecule has 0 radical (unpaired) electrons. The molecule has 230 valence electrons. The zero-order valence-electron chi connectivity index (χ0n) is 24.6. The van der Waals surface area contributed by atoms with Crippen LogP contribution in [-0.2, 0) is 24.1 Å². The fourth-order valence-electron chi connectivity index (χ4n) is 5.72. The smallest absolute Gasteiger partial charge is 0.361 e. The van der Waals surface area contributed by atoms with E-state index < -0.39 is 11.7 Å². The molecule has 1 atom stereocenters. The van der Waals surface area contributed by atoms with E-state index in [2.05, 4.69) is 20.3 Å². The number of carbonyl (C=O) groups is 1. The summed E-state index contributed by atoms with van der Waals surface area (Å²) in [6, 6.07) is 12.9. The van der Waals surface area contributed by atoms with Crippen LogP contribution in [0.4, 0.5) is 24.9 Å². The number of benzene rings is 2. The fourth-order valence-corrected chi connectivity index (χ4v) is 5.72. The average molecular weight is 606 g/mol. The second-order valence-electron chi connectivity index (χ2n) is 11.0. The topological polar surface area (TPSA) is 108 Å². The number of hydrogen-bond acceptors (Lipinski definition) is 7. The van der Waals surface area contributed by atoms with Crippen molar-refractivity contribution in [1.29, 1.82) is 0 Å². The Labute approximate surface area is 252 Å². The molecule has 0 saturated carbocycles. The van der Waals surface area contributed by atoms with Crippen molar-refractivity contribution in [3.05, 3.63) is 71.8 Å². The van der Waals surface area contributed by atoms with Gasteiger partial charge in [0.25, 0.3) is 0 Å². The number of halogens is 3. The summed E-state index contributed by atoms with van der Waals surface area (Å²) in [6.07, 6.45) is -1.15. The summed E-state index contributed by atoms with van der Waals surface area (Å²) in [7, 11) is 0. The maximum absolute atomic E-state index is 13.2. The van der Waals surface area contributed by atoms with Crippen LogP contribution in [0.15, 0.2) is 54.9 Å². The second kappa shape index (κ2) is 12.1. The van der Waals surface area contributed by atoms with Gasteiger partial charge in [0.2, 0.25) is 11.9 Å². The van der Waals surface area contributed by atoms with Crippen LogP contribution in [-0.4, -0.2) is 66.5 Å². The molecule has 0 aliphatic carbocycles. The van der Waals surface area contributed by atoms with E-state index in [0.29, 0.717) is 61.2 Å². The van der Waals surface area contributed by atoms with Gasteiger partial charge in [0.05, 0.1) is 41.9 Å². The Balaban J connectivity index is 1.32. The molecule has 2 N–H and O–H groups in total. The first kappa shape index (κ1) is 29.4. The van der Waals surface area contributed by atoms with Gasteiger partial charge in [-0.3, -0.25) is 4.79 Å². The van der Waals surface area contributed by atoms with Crippen molar-refractivity contribution in [2.45, 2.75) is 46.0 Å². The number of aromatic amines is 1. The van der Waals surface area contributed by atoms with Gasteiger partial charge in [-0.05, 0) is 56.5 Å². The van der Waals surface area contributed by atoms with Gasteiger partial charge in [-0.15, -0.1) is 0 Å². The lowest BCUT2D eigenvalue weighted by Crippen LogP contribution is -2.45. The Kier molecular flexibility index (Phi) is 8.11. The average Bonchev–Trinajstić information content (AvgIpc) is 3.64. The predicted molar refractivity (Wildman–Crippen MR) is 162 cm³/mol. The van der Waals surface area contributed by atoms with E-state index in [4.69, 9.17) is 9.97 Å². The largest absolute Gasteiger partial charge is 0.416 e. The van der Waals surface area contributed by atoms with Gasteiger partial charge in [0, 0.05) is 26.2 Å². The zero-order valence-corrected chi connectivity index (χ0v) is 24.6. The SMILES string of the molecule is CCN(CC)C(=O)C1CCCN(c2nc(NCc3nc4ccccc4[nH]3)c3ncn(Cc4ccc(C(F)(F)F)cc4)c3n2)C1. The third kappa shape index (κ3) is 6.03. The van der Waals surface area contributed by atoms with E-state index in [-0.39, 0.29) is 18.4 Å². The number of nitrogens with zero attached hydrogens (tertiary/aromatic N) is 7. The number of amides is 1. The van der Waals surface area contributed by atoms with Gasteiger partial charge < -0.3 is 24.7 Å². The van der Waals surface area contributed by atoms with Crippen LogP contribution in [0.5, 0.6) is 0 Å². The summed E-state index contributed by atoms with van der Waals surface area (Å²) in [5, 5.41) is 3.37. The standard InChI is InChI=1S/C31H34F3N9O/c1-3-41(4-2)29(44)21-8-7-15-42(18-21)30-39-27(35-16-25-37-23-9-5-6-10-24(23)38-25)26-28(40-30)43(19-36-26)17-20-11-13-22(14-12-20)31(32,33)34/h5-6,9-14,19,21H,3-4,7-8,15-18H2,1-2H3,(H,37,38)(H,35,39,40). The van der Waals surface area contributed by atoms with Gasteiger partial charge in [0.1, 0.15) is 5.82 Å². The van der Waals surface area contributed by atoms with Crippen LogP contribution >= 0.6 is 0 Å². The first-order chi connectivity index (χ1) is 21.2. The van der Waals surface area contributed by atoms with Crippen molar-refractivity contribution >= 4 is 39.9 Å². The first-order valence-electron chi connectivity index (χ1n) is 14.8. The van der Waals surface area contributed by atoms with E-state index in [1.54, 1.807) is 10.9 Å². The Morgan fingerprint density at radius 1 is 1.07 bits per heavy atom. The number of rotatable bonds is 9. The molecule has 44 heavy (non-hydrogen) atoms. The highest BCUT2D eigenvalue weighted by molar-refractivity contribution is 5.85. The number of carbonyl (C=O) groups excluding carboxylic acids is 1. The molecule has 5 aromatic rings. The molecule has 1 fully saturated rings. The molecule has 10 nitrogen and oxygen atoms in total. The molecule has 13 heteroatoms. The number of piperidine rings is 1. The molecule has 3 aromatic heterocycles. The summed E-state index contributed by atoms with van der Waals surface area (Å²) in [5.41, 5.74) is 2.84. The van der Waals surface area contributed by atoms with E-state index in [9.17, 15) is 18.0 Å². The molecule has 6 rings (SSSR count). The van der Waals surface area contributed by atoms with E-state index in [1.807, 2.05) is 47.9 Å². The zero-order chi connectivity index (χ0) is 30.8. The molecule has 0 spiro atoms. The Morgan fingerprint density at radius 2 is 1.84 bits per heavy atom. The minimum absolute atomic E-state index is 0.136. The van der Waals surface area contributed by atoms with Crippen molar-refractivity contribution in [3.8, 4) is 0 Å². The highest BCUT2D eigenvalue weighted by Gasteiger charge is 2.31. The van der Waals surface area contributed by atoms with Crippen LogP contribution in [0.25, 0.3) is 22.2 Å². The number of fused-ring (bicyclic) bond motifs is 2. The minimum Gasteiger partial charge on any atom is -0.361 e. The molecular weight excluding hydrogens is 571 g/mol. The molecule has 2 aromatic carbocycles. The number of aromatic nitrogens is 6. The molecule has 1 unspecified atom stereocenters. The normalized spacial score (nSPS) is 15.7. The lowest BCUT2D eigenvalue weighted by atomic mass is 9.96. The quantitative estimate of drug-likeness (QED) is 0.230. The number of imidazole rings is 2. The number of para-hydroxylation sites is 2. The third-order valence-corrected chi connectivity index (χ3v) is 8.08. The van der Waals surface area contributed by atoms with Gasteiger partial charge >= 0.3 is 6.18 Å². The number of H-pyrrole nitrogens is 1. The number of nitrogens with one attached hydrogen (secondary N) is 2. The summed E-state index contributed by atoms with van der Waals surface area (Å²) < 4.78 is 41.1. The third-order valence-electron chi connectivity index (χ3n) is 8.08. The van der Waals surface area contributed by atoms with Crippen molar-refractivity contribution in [2.75, 3.05) is 36.4 Å². The van der Waals surface area contributed by atoms with Crippen molar-refractivity contribution < 1.29 is 18.0 Å². The molecule has 1 aliphatic heterocycles. The number of anilines is 2. The van der Waals surface area contributed by atoms with Crippen molar-refractivity contribution in [3.63, 3.8) is 0 Å². The van der Waals surface area contributed by atoms with Crippen LogP contribution in [0.1, 0.15) is 43.6 Å². The minimum atomic E-state index is -4.40.